The lowest BCUT2D eigenvalue weighted by molar-refractivity contribution is -0.384. The van der Waals surface area contributed by atoms with E-state index in [1.807, 2.05) is 49.5 Å². The predicted octanol–water partition coefficient (Wildman–Crippen LogP) is 4.40. The molecule has 1 N–H and O–H groups in total. The molecular formula is C28H24N4O5. The van der Waals surface area contributed by atoms with Gasteiger partial charge >= 0.3 is 0 Å². The number of carbonyl (C=O) groups is 3. The Morgan fingerprint density at radius 3 is 2.59 bits per heavy atom. The number of anilines is 1. The number of benzene rings is 3. The molecule has 0 bridgehead atoms. The maximum atomic E-state index is 13.7. The molecule has 3 aromatic carbocycles. The third-order valence-corrected chi connectivity index (χ3v) is 6.65. The number of fused-ring (bicyclic) bond motifs is 1. The van der Waals surface area contributed by atoms with Crippen LogP contribution in [0.4, 0.5) is 11.4 Å². The molecule has 0 radical (unpaired) electrons. The molecule has 0 saturated carbocycles. The van der Waals surface area contributed by atoms with Gasteiger partial charge in [0.05, 0.1) is 17.0 Å². The minimum Gasteiger partial charge on any atom is -0.361 e. The fourth-order valence-electron chi connectivity index (χ4n) is 4.72. The molecule has 1 aliphatic heterocycles. The minimum absolute atomic E-state index is 0.0853. The van der Waals surface area contributed by atoms with Gasteiger partial charge in [-0.15, -0.1) is 0 Å². The summed E-state index contributed by atoms with van der Waals surface area (Å²) in [6.45, 7) is 2.05. The van der Waals surface area contributed by atoms with Crippen molar-refractivity contribution in [3.63, 3.8) is 0 Å². The zero-order chi connectivity index (χ0) is 26.1. The van der Waals surface area contributed by atoms with Crippen LogP contribution in [-0.2, 0) is 16.0 Å². The standard InChI is InChI=1S/C28H24N4O5/c1-18-9-11-21(12-10-18)31-26(33)16-25(28(31)35)30(27(34)19-5-4-6-22(15-19)32(36)37)14-13-20-17-29-24-8-3-2-7-23(20)24/h2-12,15,17,25,29H,13-14,16H2,1H3. The molecule has 0 aliphatic carbocycles. The zero-order valence-electron chi connectivity index (χ0n) is 20.1. The molecule has 1 unspecified atom stereocenters. The predicted molar refractivity (Wildman–Crippen MR) is 138 cm³/mol. The number of nitro benzene ring substituents is 1. The maximum absolute atomic E-state index is 13.7. The molecule has 9 heteroatoms. The molecule has 1 saturated heterocycles. The third kappa shape index (κ3) is 4.58. The minimum atomic E-state index is -1.02. The number of nitro groups is 1. The number of amides is 3. The van der Waals surface area contributed by atoms with Crippen LogP contribution in [0.25, 0.3) is 10.9 Å². The molecule has 9 nitrogen and oxygen atoms in total. The average molecular weight is 497 g/mol. The summed E-state index contributed by atoms with van der Waals surface area (Å²) in [7, 11) is 0. The van der Waals surface area contributed by atoms with Crippen molar-refractivity contribution in [2.45, 2.75) is 25.8 Å². The Kier molecular flexibility index (Phi) is 6.27. The van der Waals surface area contributed by atoms with E-state index in [4.69, 9.17) is 0 Å². The molecule has 1 aliphatic rings. The number of aryl methyl sites for hydroxylation is 1. The molecule has 2 heterocycles. The first-order chi connectivity index (χ1) is 17.8. The molecule has 37 heavy (non-hydrogen) atoms. The van der Waals surface area contributed by atoms with Crippen molar-refractivity contribution in [1.82, 2.24) is 9.88 Å². The number of H-pyrrole nitrogens is 1. The Morgan fingerprint density at radius 1 is 1.08 bits per heavy atom. The number of carbonyl (C=O) groups excluding carboxylic acids is 3. The number of rotatable bonds is 7. The first-order valence-corrected chi connectivity index (χ1v) is 11.9. The van der Waals surface area contributed by atoms with Crippen LogP contribution in [0.3, 0.4) is 0 Å². The lowest BCUT2D eigenvalue weighted by Crippen LogP contribution is -2.46. The van der Waals surface area contributed by atoms with Gasteiger partial charge in [0.2, 0.25) is 5.91 Å². The molecule has 1 atom stereocenters. The van der Waals surface area contributed by atoms with Crippen LogP contribution in [0.5, 0.6) is 0 Å². The van der Waals surface area contributed by atoms with Crippen molar-refractivity contribution in [3.8, 4) is 0 Å². The van der Waals surface area contributed by atoms with E-state index in [0.717, 1.165) is 26.9 Å². The van der Waals surface area contributed by atoms with Crippen LogP contribution in [0.15, 0.2) is 79.0 Å². The van der Waals surface area contributed by atoms with E-state index >= 15 is 0 Å². The second-order valence-electron chi connectivity index (χ2n) is 9.04. The Bertz CT molecular complexity index is 1530. The van der Waals surface area contributed by atoms with E-state index in [1.54, 1.807) is 12.1 Å². The Hall–Kier alpha value is -4.79. The molecule has 186 valence electrons. The van der Waals surface area contributed by atoms with Gasteiger partial charge in [-0.1, -0.05) is 42.0 Å². The van der Waals surface area contributed by atoms with Crippen LogP contribution < -0.4 is 4.90 Å². The summed E-state index contributed by atoms with van der Waals surface area (Å²) in [4.78, 5) is 56.6. The maximum Gasteiger partial charge on any atom is 0.270 e. The average Bonchev–Trinajstić information content (AvgIpc) is 3.45. The summed E-state index contributed by atoms with van der Waals surface area (Å²) in [5, 5.41) is 12.3. The summed E-state index contributed by atoms with van der Waals surface area (Å²) in [5.41, 5.74) is 3.20. The van der Waals surface area contributed by atoms with Crippen LogP contribution in [0, 0.1) is 17.0 Å². The summed E-state index contributed by atoms with van der Waals surface area (Å²) >= 11 is 0. The number of aromatic nitrogens is 1. The molecular weight excluding hydrogens is 472 g/mol. The highest BCUT2D eigenvalue weighted by Crippen LogP contribution is 2.28. The number of aromatic amines is 1. The first-order valence-electron chi connectivity index (χ1n) is 11.9. The molecule has 3 amide bonds. The van der Waals surface area contributed by atoms with Gasteiger partial charge < -0.3 is 9.88 Å². The number of hydrogen-bond acceptors (Lipinski definition) is 5. The van der Waals surface area contributed by atoms with Gasteiger partial charge in [0.25, 0.3) is 17.5 Å². The second-order valence-corrected chi connectivity index (χ2v) is 9.04. The molecule has 5 rings (SSSR count). The molecule has 4 aromatic rings. The number of imide groups is 1. The topological polar surface area (TPSA) is 117 Å². The largest absolute Gasteiger partial charge is 0.361 e. The van der Waals surface area contributed by atoms with Gasteiger partial charge in [0.1, 0.15) is 6.04 Å². The Balaban J connectivity index is 1.48. The zero-order valence-corrected chi connectivity index (χ0v) is 20.1. The number of para-hydroxylation sites is 1. The summed E-state index contributed by atoms with van der Waals surface area (Å²) < 4.78 is 0. The highest BCUT2D eigenvalue weighted by Gasteiger charge is 2.44. The van der Waals surface area contributed by atoms with Gasteiger partial charge in [-0.25, -0.2) is 4.90 Å². The number of nitrogens with zero attached hydrogens (tertiary/aromatic N) is 3. The Morgan fingerprint density at radius 2 is 1.84 bits per heavy atom. The fraction of sp³-hybridized carbons (Fsp3) is 0.179. The molecule has 1 aromatic heterocycles. The van der Waals surface area contributed by atoms with E-state index in [9.17, 15) is 24.5 Å². The monoisotopic (exact) mass is 496 g/mol. The SMILES string of the molecule is Cc1ccc(N2C(=O)CC(N(CCc3c[nH]c4ccccc34)C(=O)c3cccc([N+](=O)[O-])c3)C2=O)cc1. The van der Waals surface area contributed by atoms with Gasteiger partial charge in [0, 0.05) is 41.3 Å². The smallest absolute Gasteiger partial charge is 0.270 e. The highest BCUT2D eigenvalue weighted by molar-refractivity contribution is 6.23. The van der Waals surface area contributed by atoms with Crippen molar-refractivity contribution in [3.05, 3.63) is 106 Å². The Labute approximate surface area is 212 Å². The van der Waals surface area contributed by atoms with Crippen molar-refractivity contribution < 1.29 is 19.3 Å². The van der Waals surface area contributed by atoms with Crippen molar-refractivity contribution in [2.24, 2.45) is 0 Å². The van der Waals surface area contributed by atoms with Crippen LogP contribution >= 0.6 is 0 Å². The number of hydrogen-bond donors (Lipinski definition) is 1. The van der Waals surface area contributed by atoms with E-state index in [2.05, 4.69) is 4.98 Å². The number of nitrogens with one attached hydrogen (secondary N) is 1. The van der Waals surface area contributed by atoms with Crippen LogP contribution in [0.2, 0.25) is 0 Å². The van der Waals surface area contributed by atoms with E-state index in [-0.39, 0.29) is 24.2 Å². The van der Waals surface area contributed by atoms with Gasteiger partial charge in [-0.05, 0) is 43.2 Å². The summed E-state index contributed by atoms with van der Waals surface area (Å²) in [6.07, 6.45) is 2.12. The fourth-order valence-corrected chi connectivity index (χ4v) is 4.72. The summed E-state index contributed by atoms with van der Waals surface area (Å²) in [6, 6.07) is 19.2. The van der Waals surface area contributed by atoms with E-state index < -0.39 is 28.7 Å². The molecule has 0 spiro atoms. The lowest BCUT2D eigenvalue weighted by Gasteiger charge is -2.28. The van der Waals surface area contributed by atoms with E-state index in [0.29, 0.717) is 12.1 Å². The quantitative estimate of drug-likeness (QED) is 0.231. The van der Waals surface area contributed by atoms with E-state index in [1.165, 1.54) is 29.2 Å². The third-order valence-electron chi connectivity index (χ3n) is 6.65. The van der Waals surface area contributed by atoms with Crippen LogP contribution in [-0.4, -0.2) is 45.1 Å². The lowest BCUT2D eigenvalue weighted by atomic mass is 10.1. The second kappa shape index (κ2) is 9.69. The molecule has 1 fully saturated rings. The van der Waals surface area contributed by atoms with Gasteiger partial charge in [-0.3, -0.25) is 24.5 Å². The van der Waals surface area contributed by atoms with Crippen molar-refractivity contribution >= 4 is 40.0 Å². The van der Waals surface area contributed by atoms with Crippen molar-refractivity contribution in [1.29, 1.82) is 0 Å². The van der Waals surface area contributed by atoms with Gasteiger partial charge in [-0.2, -0.15) is 0 Å². The highest BCUT2D eigenvalue weighted by atomic mass is 16.6. The van der Waals surface area contributed by atoms with Gasteiger partial charge in [0.15, 0.2) is 0 Å². The van der Waals surface area contributed by atoms with Crippen molar-refractivity contribution in [2.75, 3.05) is 11.4 Å². The first kappa shape index (κ1) is 23.9. The number of non-ortho nitro benzene ring substituents is 1. The summed E-state index contributed by atoms with van der Waals surface area (Å²) in [5.74, 6) is -1.44. The normalized spacial score (nSPS) is 15.4. The van der Waals surface area contributed by atoms with Crippen LogP contribution in [0.1, 0.15) is 27.9 Å².